The van der Waals surface area contributed by atoms with E-state index < -0.39 is 0 Å². The lowest BCUT2D eigenvalue weighted by Gasteiger charge is -2.10. The molecule has 0 fully saturated rings. The molecule has 2 aromatic rings. The average molecular weight is 515 g/mol. The first-order valence-electron chi connectivity index (χ1n) is 10.6. The van der Waals surface area contributed by atoms with Gasteiger partial charge in [-0.1, -0.05) is 25.4 Å². The summed E-state index contributed by atoms with van der Waals surface area (Å²) in [5, 5.41) is 19.5. The summed E-state index contributed by atoms with van der Waals surface area (Å²) < 4.78 is 7.73. The summed E-state index contributed by atoms with van der Waals surface area (Å²) in [6.45, 7) is 9.27. The minimum Gasteiger partial charge on any atom is -0.359 e. The fraction of sp³-hybridized carbons (Fsp3) is 0.700. The number of aryl methyl sites for hydroxylation is 1. The molecule has 0 atom stereocenters. The van der Waals surface area contributed by atoms with E-state index in [0.717, 1.165) is 61.4 Å². The van der Waals surface area contributed by atoms with Gasteiger partial charge in [0.2, 0.25) is 0 Å². The molecule has 0 saturated heterocycles. The summed E-state index contributed by atoms with van der Waals surface area (Å²) in [7, 11) is 0. The second-order valence-corrected chi connectivity index (χ2v) is 7.27. The van der Waals surface area contributed by atoms with Crippen LogP contribution >= 0.6 is 24.0 Å². The van der Waals surface area contributed by atoms with Gasteiger partial charge in [0.1, 0.15) is 12.4 Å². The number of fused-ring (bicyclic) bond motifs is 1. The van der Waals surface area contributed by atoms with E-state index in [9.17, 15) is 0 Å². The van der Waals surface area contributed by atoms with Crippen LogP contribution in [0.3, 0.4) is 0 Å². The van der Waals surface area contributed by atoms with Crippen molar-refractivity contribution in [3.63, 3.8) is 0 Å². The van der Waals surface area contributed by atoms with Crippen LogP contribution in [0.25, 0.3) is 0 Å². The van der Waals surface area contributed by atoms with Gasteiger partial charge in [-0.2, -0.15) is 0 Å². The first-order valence-corrected chi connectivity index (χ1v) is 10.6. The number of aliphatic imine (C=N–C) groups is 1. The molecule has 2 N–H and O–H groups in total. The molecular formula is C20H34IN7O. The molecule has 2 aromatic heterocycles. The molecule has 9 heteroatoms. The number of aromatic nitrogens is 4. The maximum atomic E-state index is 5.49. The van der Waals surface area contributed by atoms with E-state index in [0.29, 0.717) is 19.0 Å². The molecule has 162 valence electrons. The standard InChI is InChI=1S/C20H33N7O.HI/c1-4-15(5-2)17-12-16(28-26-17)13-22-20(21-6-3)23-14-19-25-24-18-10-8-7-9-11-27(18)19;/h12,15H,4-11,13-14H2,1-3H3,(H2,21,22,23);1H. The van der Waals surface area contributed by atoms with Gasteiger partial charge in [-0.25, -0.2) is 4.99 Å². The van der Waals surface area contributed by atoms with Gasteiger partial charge >= 0.3 is 0 Å². The zero-order valence-electron chi connectivity index (χ0n) is 17.8. The fourth-order valence-electron chi connectivity index (χ4n) is 3.64. The lowest BCUT2D eigenvalue weighted by molar-refractivity contribution is 0.368. The van der Waals surface area contributed by atoms with E-state index in [4.69, 9.17) is 9.52 Å². The minimum atomic E-state index is 0. The molecule has 0 unspecified atom stereocenters. The summed E-state index contributed by atoms with van der Waals surface area (Å²) in [4.78, 5) is 4.69. The van der Waals surface area contributed by atoms with Gasteiger partial charge in [0.15, 0.2) is 17.5 Å². The number of hydrogen-bond acceptors (Lipinski definition) is 5. The Kier molecular flexibility index (Phi) is 9.89. The van der Waals surface area contributed by atoms with Gasteiger partial charge in [0, 0.05) is 31.5 Å². The number of hydrogen-bond donors (Lipinski definition) is 2. The molecule has 0 amide bonds. The van der Waals surface area contributed by atoms with Crippen LogP contribution in [0.2, 0.25) is 0 Å². The monoisotopic (exact) mass is 515 g/mol. The van der Waals surface area contributed by atoms with Crippen LogP contribution < -0.4 is 10.6 Å². The highest BCUT2D eigenvalue weighted by molar-refractivity contribution is 14.0. The van der Waals surface area contributed by atoms with Crippen molar-refractivity contribution in [2.75, 3.05) is 6.54 Å². The molecule has 1 aliphatic heterocycles. The van der Waals surface area contributed by atoms with E-state index in [1.54, 1.807) is 0 Å². The first kappa shape index (κ1) is 23.6. The smallest absolute Gasteiger partial charge is 0.192 e. The van der Waals surface area contributed by atoms with Crippen molar-refractivity contribution in [3.05, 3.63) is 29.2 Å². The Morgan fingerprint density at radius 2 is 2.00 bits per heavy atom. The number of nitrogens with zero attached hydrogens (tertiary/aromatic N) is 5. The van der Waals surface area contributed by atoms with E-state index in [-0.39, 0.29) is 24.0 Å². The normalized spacial score (nSPS) is 14.3. The van der Waals surface area contributed by atoms with E-state index in [2.05, 4.69) is 51.3 Å². The quantitative estimate of drug-likeness (QED) is 0.316. The van der Waals surface area contributed by atoms with Crippen molar-refractivity contribution < 1.29 is 4.52 Å². The van der Waals surface area contributed by atoms with Crippen LogP contribution in [0.15, 0.2) is 15.6 Å². The third-order valence-corrected chi connectivity index (χ3v) is 5.32. The highest BCUT2D eigenvalue weighted by Gasteiger charge is 2.15. The topological polar surface area (TPSA) is 93.2 Å². The van der Waals surface area contributed by atoms with Crippen molar-refractivity contribution in [1.82, 2.24) is 30.6 Å². The Labute approximate surface area is 190 Å². The van der Waals surface area contributed by atoms with Gasteiger partial charge in [-0.3, -0.25) is 0 Å². The lowest BCUT2D eigenvalue weighted by atomic mass is 9.99. The van der Waals surface area contributed by atoms with Crippen molar-refractivity contribution in [1.29, 1.82) is 0 Å². The highest BCUT2D eigenvalue weighted by atomic mass is 127. The van der Waals surface area contributed by atoms with E-state index in [1.807, 2.05) is 6.07 Å². The first-order chi connectivity index (χ1) is 13.7. The van der Waals surface area contributed by atoms with Crippen LogP contribution in [0.1, 0.15) is 81.9 Å². The molecule has 1 aliphatic rings. The SMILES string of the molecule is CCNC(=NCc1nnc2n1CCCCC2)NCc1cc(C(CC)CC)no1.I. The van der Waals surface area contributed by atoms with Crippen molar-refractivity contribution >= 4 is 29.9 Å². The molecule has 0 bridgehead atoms. The minimum absolute atomic E-state index is 0. The van der Waals surface area contributed by atoms with Gasteiger partial charge in [-0.15, -0.1) is 34.2 Å². The summed E-state index contributed by atoms with van der Waals surface area (Å²) >= 11 is 0. The summed E-state index contributed by atoms with van der Waals surface area (Å²) in [5.74, 6) is 4.06. The van der Waals surface area contributed by atoms with Crippen molar-refractivity contribution in [3.8, 4) is 0 Å². The number of nitrogens with one attached hydrogen (secondary N) is 2. The molecule has 0 saturated carbocycles. The number of rotatable bonds is 8. The predicted octanol–water partition coefficient (Wildman–Crippen LogP) is 3.77. The van der Waals surface area contributed by atoms with Crippen LogP contribution in [0.5, 0.6) is 0 Å². The maximum Gasteiger partial charge on any atom is 0.192 e. The molecule has 0 aromatic carbocycles. The predicted molar refractivity (Wildman–Crippen MR) is 124 cm³/mol. The second kappa shape index (κ2) is 12.1. The molecule has 29 heavy (non-hydrogen) atoms. The Bertz CT molecular complexity index is 767. The molecule has 3 heterocycles. The Hall–Kier alpha value is -1.65. The Morgan fingerprint density at radius 1 is 1.17 bits per heavy atom. The van der Waals surface area contributed by atoms with Gasteiger partial charge in [0.25, 0.3) is 0 Å². The number of halogens is 1. The highest BCUT2D eigenvalue weighted by Crippen LogP contribution is 2.22. The molecule has 0 spiro atoms. The van der Waals surface area contributed by atoms with Gasteiger partial charge in [-0.05, 0) is 32.6 Å². The summed E-state index contributed by atoms with van der Waals surface area (Å²) in [5.41, 5.74) is 1.04. The van der Waals surface area contributed by atoms with E-state index in [1.165, 1.54) is 19.3 Å². The van der Waals surface area contributed by atoms with Crippen molar-refractivity contribution in [2.45, 2.75) is 84.8 Å². The van der Waals surface area contributed by atoms with Gasteiger partial charge < -0.3 is 19.7 Å². The molecule has 3 rings (SSSR count). The van der Waals surface area contributed by atoms with Crippen LogP contribution in [0.4, 0.5) is 0 Å². The zero-order valence-corrected chi connectivity index (χ0v) is 20.1. The molecular weight excluding hydrogens is 481 g/mol. The Morgan fingerprint density at radius 3 is 2.76 bits per heavy atom. The van der Waals surface area contributed by atoms with Gasteiger partial charge in [0.05, 0.1) is 12.2 Å². The molecule has 0 radical (unpaired) electrons. The third-order valence-electron chi connectivity index (χ3n) is 5.32. The zero-order chi connectivity index (χ0) is 19.8. The van der Waals surface area contributed by atoms with Crippen LogP contribution in [-0.2, 0) is 26.1 Å². The average Bonchev–Trinajstić information content (AvgIpc) is 3.26. The summed E-state index contributed by atoms with van der Waals surface area (Å²) in [6, 6.07) is 2.05. The molecule has 8 nitrogen and oxygen atoms in total. The Balaban J connectivity index is 0.00000300. The fourth-order valence-corrected chi connectivity index (χ4v) is 3.64. The van der Waals surface area contributed by atoms with Crippen molar-refractivity contribution in [2.24, 2.45) is 4.99 Å². The molecule has 0 aliphatic carbocycles. The third kappa shape index (κ3) is 6.42. The van der Waals surface area contributed by atoms with Crippen LogP contribution in [0, 0.1) is 0 Å². The largest absolute Gasteiger partial charge is 0.359 e. The summed E-state index contributed by atoms with van der Waals surface area (Å²) in [6.07, 6.45) is 6.79. The van der Waals surface area contributed by atoms with Crippen LogP contribution in [-0.4, -0.2) is 32.4 Å². The second-order valence-electron chi connectivity index (χ2n) is 7.27. The maximum absolute atomic E-state index is 5.49. The van der Waals surface area contributed by atoms with E-state index >= 15 is 0 Å². The number of guanidine groups is 1. The lowest BCUT2D eigenvalue weighted by Crippen LogP contribution is -2.36.